The molecule has 0 unspecified atom stereocenters. The number of unbranched alkanes of at least 4 members (excludes halogenated alkanes) is 36. The van der Waals surface area contributed by atoms with Gasteiger partial charge in [0.1, 0.15) is 6.61 Å². The third kappa shape index (κ3) is 38.2. The van der Waals surface area contributed by atoms with Gasteiger partial charge in [0.05, 0.1) is 0 Å². The lowest BCUT2D eigenvalue weighted by Crippen LogP contribution is -2.58. The number of Topliss-reactive ketones (excluding diaryl/α,β-unsaturated/α-hetero) is 1. The molecule has 0 aromatic rings. The first-order valence-corrected chi connectivity index (χ1v) is 28.1. The Morgan fingerprint density at radius 2 is 0.698 bits per heavy atom. The summed E-state index contributed by atoms with van der Waals surface area (Å²) in [4.78, 5) is 50.5. The van der Waals surface area contributed by atoms with Crippen molar-refractivity contribution in [3.63, 3.8) is 0 Å². The van der Waals surface area contributed by atoms with E-state index in [4.69, 9.17) is 15.2 Å². The minimum Gasteiger partial charge on any atom is -0.480 e. The van der Waals surface area contributed by atoms with Crippen LogP contribution in [-0.2, 0) is 28.7 Å². The molecule has 0 radical (unpaired) electrons. The number of aliphatic carboxylic acids is 1. The molecule has 0 saturated heterocycles. The minimum atomic E-state index is -2.14. The minimum absolute atomic E-state index is 0.0881. The van der Waals surface area contributed by atoms with Gasteiger partial charge in [0, 0.05) is 25.0 Å². The number of carboxylic acids is 1. The standard InChI is InChI=1S/C54H103NO7S/c1-5-8-11-14-17-20-23-26-29-32-35-38-41-44-49(56)54(55,52(59)60)48-63-53(4,62-51(58)46-43-40-37-34-31-28-25-22-19-16-13-10-7-3)47-61-50(57)45-42-39-36-33-30-27-24-21-18-15-12-9-6-2/h5-48,55H2,1-4H3,(H,59,60)/t53-,54+/m1/s1. The highest BCUT2D eigenvalue weighted by Gasteiger charge is 2.44. The highest BCUT2D eigenvalue weighted by atomic mass is 32.2. The van der Waals surface area contributed by atoms with E-state index >= 15 is 0 Å². The molecule has 0 rings (SSSR count). The summed E-state index contributed by atoms with van der Waals surface area (Å²) in [7, 11) is 0. The normalized spacial score (nSPS) is 13.4. The monoisotopic (exact) mass is 910 g/mol. The van der Waals surface area contributed by atoms with Crippen LogP contribution in [0.2, 0.25) is 0 Å². The predicted molar refractivity (Wildman–Crippen MR) is 268 cm³/mol. The predicted octanol–water partition coefficient (Wildman–Crippen LogP) is 16.3. The van der Waals surface area contributed by atoms with Gasteiger partial charge in [0.25, 0.3) is 0 Å². The number of esters is 2. The lowest BCUT2D eigenvalue weighted by atomic mass is 9.93. The van der Waals surface area contributed by atoms with Gasteiger partial charge in [-0.1, -0.05) is 252 Å². The summed E-state index contributed by atoms with van der Waals surface area (Å²) in [6.07, 6.45) is 47.3. The first-order chi connectivity index (χ1) is 30.5. The van der Waals surface area contributed by atoms with E-state index in [0.29, 0.717) is 12.8 Å². The number of ketones is 1. The Labute approximate surface area is 393 Å². The number of thioether (sulfide) groups is 1. The zero-order valence-corrected chi connectivity index (χ0v) is 42.8. The van der Waals surface area contributed by atoms with Gasteiger partial charge in [-0.15, -0.1) is 11.8 Å². The second-order valence-electron chi connectivity index (χ2n) is 19.2. The maximum atomic E-state index is 13.4. The van der Waals surface area contributed by atoms with Crippen LogP contribution in [0.25, 0.3) is 0 Å². The lowest BCUT2D eigenvalue weighted by Gasteiger charge is -2.32. The molecule has 0 aliphatic rings. The largest absolute Gasteiger partial charge is 0.480 e. The average molecular weight is 910 g/mol. The van der Waals surface area contributed by atoms with Gasteiger partial charge in [-0.25, -0.2) is 4.79 Å². The number of nitrogens with two attached hydrogens (primary N) is 1. The molecule has 372 valence electrons. The van der Waals surface area contributed by atoms with Crippen molar-refractivity contribution in [2.45, 2.75) is 308 Å². The summed E-state index contributed by atoms with van der Waals surface area (Å²) < 4.78 is 11.6. The van der Waals surface area contributed by atoms with E-state index < -0.39 is 28.2 Å². The maximum absolute atomic E-state index is 13.4. The van der Waals surface area contributed by atoms with Gasteiger partial charge in [-0.2, -0.15) is 0 Å². The molecule has 0 spiro atoms. The fraction of sp³-hybridized carbons (Fsp3) is 0.926. The number of carboxylic acid groups (broad SMARTS) is 1. The molecule has 0 aliphatic carbocycles. The Morgan fingerprint density at radius 3 is 1.00 bits per heavy atom. The molecule has 9 heteroatoms. The van der Waals surface area contributed by atoms with E-state index in [1.54, 1.807) is 6.92 Å². The summed E-state index contributed by atoms with van der Waals surface area (Å²) in [5, 5.41) is 10.2. The lowest BCUT2D eigenvalue weighted by molar-refractivity contribution is -0.161. The second kappa shape index (κ2) is 44.2. The molecule has 2 atom stereocenters. The van der Waals surface area contributed by atoms with Crippen LogP contribution < -0.4 is 5.73 Å². The van der Waals surface area contributed by atoms with Crippen LogP contribution in [-0.4, -0.2) is 51.6 Å². The SMILES string of the molecule is CCCCCCCCCCCCCCCC(=O)OC[C@](C)(OC(=O)CCCCCCCCCCCCCCC)SC[C@@](N)(C(=O)O)C(=O)CCCCCCCCCCCCCCC. The van der Waals surface area contributed by atoms with Crippen molar-refractivity contribution in [3.8, 4) is 0 Å². The van der Waals surface area contributed by atoms with Gasteiger partial charge >= 0.3 is 17.9 Å². The van der Waals surface area contributed by atoms with Gasteiger partial charge in [0.2, 0.25) is 0 Å². The van der Waals surface area contributed by atoms with Crippen molar-refractivity contribution in [1.82, 2.24) is 0 Å². The Kier molecular flexibility index (Phi) is 43.1. The maximum Gasteiger partial charge on any atom is 0.332 e. The summed E-state index contributed by atoms with van der Waals surface area (Å²) >= 11 is 0.982. The van der Waals surface area contributed by atoms with E-state index in [1.807, 2.05) is 0 Å². The van der Waals surface area contributed by atoms with E-state index in [0.717, 1.165) is 69.5 Å². The quantitative estimate of drug-likeness (QED) is 0.0265. The summed E-state index contributed by atoms with van der Waals surface area (Å²) in [5.74, 6) is -3.00. The number of carbonyl (C=O) groups is 4. The summed E-state index contributed by atoms with van der Waals surface area (Å²) in [5.41, 5.74) is 4.22. The fourth-order valence-corrected chi connectivity index (χ4v) is 9.42. The fourth-order valence-electron chi connectivity index (χ4n) is 8.30. The van der Waals surface area contributed by atoms with Crippen LogP contribution in [0.4, 0.5) is 0 Å². The number of ether oxygens (including phenoxy) is 2. The molecule has 0 heterocycles. The Bertz CT molecular complexity index is 1090. The number of rotatable bonds is 50. The van der Waals surface area contributed by atoms with Crippen molar-refractivity contribution >= 4 is 35.5 Å². The van der Waals surface area contributed by atoms with Crippen molar-refractivity contribution in [2.24, 2.45) is 5.73 Å². The molecule has 8 nitrogen and oxygen atoms in total. The van der Waals surface area contributed by atoms with Crippen molar-refractivity contribution < 1.29 is 33.8 Å². The molecule has 0 bridgehead atoms. The number of hydrogen-bond donors (Lipinski definition) is 2. The first kappa shape index (κ1) is 61.4. The molecule has 0 amide bonds. The van der Waals surface area contributed by atoms with E-state index in [1.165, 1.54) is 180 Å². The Hall–Kier alpha value is -1.61. The first-order valence-electron chi connectivity index (χ1n) is 27.1. The third-order valence-corrected chi connectivity index (χ3v) is 14.2. The van der Waals surface area contributed by atoms with E-state index in [2.05, 4.69) is 20.8 Å². The molecule has 0 fully saturated rings. The van der Waals surface area contributed by atoms with Crippen LogP contribution in [0.5, 0.6) is 0 Å². The van der Waals surface area contributed by atoms with E-state index in [-0.39, 0.29) is 37.6 Å². The average Bonchev–Trinajstić information content (AvgIpc) is 3.26. The van der Waals surface area contributed by atoms with Crippen LogP contribution in [0.1, 0.15) is 297 Å². The molecule has 0 saturated carbocycles. The summed E-state index contributed by atoms with van der Waals surface area (Å²) in [6.45, 7) is 8.15. The van der Waals surface area contributed by atoms with Gasteiger partial charge in [-0.3, -0.25) is 14.4 Å². The topological polar surface area (TPSA) is 133 Å². The number of hydrogen-bond acceptors (Lipinski definition) is 8. The zero-order valence-electron chi connectivity index (χ0n) is 42.0. The van der Waals surface area contributed by atoms with Gasteiger partial charge in [0.15, 0.2) is 16.3 Å². The molecule has 0 aliphatic heterocycles. The van der Waals surface area contributed by atoms with Crippen LogP contribution in [0.15, 0.2) is 0 Å². The Morgan fingerprint density at radius 1 is 0.429 bits per heavy atom. The van der Waals surface area contributed by atoms with Crippen molar-refractivity contribution in [1.29, 1.82) is 0 Å². The van der Waals surface area contributed by atoms with E-state index in [9.17, 15) is 24.3 Å². The molecule has 0 aromatic heterocycles. The second-order valence-corrected chi connectivity index (χ2v) is 20.7. The molecular formula is C54H103NO7S. The van der Waals surface area contributed by atoms with Crippen molar-refractivity contribution in [2.75, 3.05) is 12.4 Å². The highest BCUT2D eigenvalue weighted by Crippen LogP contribution is 2.32. The molecule has 63 heavy (non-hydrogen) atoms. The summed E-state index contributed by atoms with van der Waals surface area (Å²) in [6, 6.07) is 0. The molecular weight excluding hydrogens is 807 g/mol. The molecule has 0 aromatic carbocycles. The van der Waals surface area contributed by atoms with Crippen LogP contribution >= 0.6 is 11.8 Å². The zero-order chi connectivity index (χ0) is 46.5. The smallest absolute Gasteiger partial charge is 0.332 e. The van der Waals surface area contributed by atoms with Crippen LogP contribution in [0.3, 0.4) is 0 Å². The highest BCUT2D eigenvalue weighted by molar-refractivity contribution is 8.00. The number of carbonyl (C=O) groups excluding carboxylic acids is 3. The van der Waals surface area contributed by atoms with Crippen molar-refractivity contribution in [3.05, 3.63) is 0 Å². The van der Waals surface area contributed by atoms with Gasteiger partial charge < -0.3 is 20.3 Å². The molecule has 3 N–H and O–H groups in total. The third-order valence-electron chi connectivity index (χ3n) is 12.8. The van der Waals surface area contributed by atoms with Gasteiger partial charge in [-0.05, 0) is 26.2 Å². The van der Waals surface area contributed by atoms with Crippen LogP contribution in [0, 0.1) is 0 Å². The Balaban J connectivity index is 4.90.